The topological polar surface area (TPSA) is 100 Å². The highest BCUT2D eigenvalue weighted by atomic mass is 35.5. The highest BCUT2D eigenvalue weighted by Gasteiger charge is 2.12. The van der Waals surface area contributed by atoms with Crippen molar-refractivity contribution in [1.29, 1.82) is 5.26 Å². The third kappa shape index (κ3) is 3.34. The number of benzene rings is 1. The van der Waals surface area contributed by atoms with E-state index in [0.29, 0.717) is 17.1 Å². The molecule has 22 heavy (non-hydrogen) atoms. The molecular formula is C15H9ClN2O3S. The summed E-state index contributed by atoms with van der Waals surface area (Å²) < 4.78 is 5.56. The first-order valence-corrected chi connectivity index (χ1v) is 6.75. The number of furan rings is 1. The minimum absolute atomic E-state index is 0.0114. The molecule has 5 nitrogen and oxygen atoms in total. The van der Waals surface area contributed by atoms with Gasteiger partial charge in [0.05, 0.1) is 16.2 Å². The summed E-state index contributed by atoms with van der Waals surface area (Å²) in [5, 5.41) is 17.9. The van der Waals surface area contributed by atoms with Gasteiger partial charge in [-0.25, -0.2) is 4.79 Å². The average molecular weight is 333 g/mol. The van der Waals surface area contributed by atoms with E-state index in [-0.39, 0.29) is 21.1 Å². The normalized spacial score (nSPS) is 11.0. The summed E-state index contributed by atoms with van der Waals surface area (Å²) in [5.74, 6) is -0.224. The van der Waals surface area contributed by atoms with Crippen LogP contribution in [0.3, 0.4) is 0 Å². The fourth-order valence-electron chi connectivity index (χ4n) is 1.73. The van der Waals surface area contributed by atoms with Gasteiger partial charge in [0.2, 0.25) is 0 Å². The highest BCUT2D eigenvalue weighted by Crippen LogP contribution is 2.28. The van der Waals surface area contributed by atoms with Gasteiger partial charge < -0.3 is 15.3 Å². The summed E-state index contributed by atoms with van der Waals surface area (Å²) in [6.45, 7) is 0. The number of thiocarbonyl (C=S) groups is 1. The van der Waals surface area contributed by atoms with Gasteiger partial charge in [-0.05, 0) is 24.3 Å². The first-order valence-electron chi connectivity index (χ1n) is 5.97. The fraction of sp³-hybridized carbons (Fsp3) is 0. The molecule has 0 fully saturated rings. The molecule has 0 aliphatic carbocycles. The Bertz CT molecular complexity index is 834. The number of carbonyl (C=O) groups is 1. The lowest BCUT2D eigenvalue weighted by atomic mass is 10.1. The second-order valence-corrected chi connectivity index (χ2v) is 5.08. The van der Waals surface area contributed by atoms with E-state index in [0.717, 1.165) is 0 Å². The summed E-state index contributed by atoms with van der Waals surface area (Å²) >= 11 is 10.7. The van der Waals surface area contributed by atoms with E-state index in [1.807, 2.05) is 6.07 Å². The molecule has 3 N–H and O–H groups in total. The Morgan fingerprint density at radius 3 is 2.68 bits per heavy atom. The molecule has 0 amide bonds. The summed E-state index contributed by atoms with van der Waals surface area (Å²) in [6, 6.07) is 9.67. The zero-order valence-corrected chi connectivity index (χ0v) is 12.6. The number of nitrogens with zero attached hydrogens (tertiary/aromatic N) is 1. The first kappa shape index (κ1) is 15.8. The lowest BCUT2D eigenvalue weighted by molar-refractivity contribution is 0.0697. The Labute approximate surface area is 136 Å². The number of hydrogen-bond acceptors (Lipinski definition) is 4. The number of rotatable bonds is 4. The Balaban J connectivity index is 2.37. The van der Waals surface area contributed by atoms with E-state index >= 15 is 0 Å². The van der Waals surface area contributed by atoms with Crippen molar-refractivity contribution < 1.29 is 14.3 Å². The molecule has 2 rings (SSSR count). The van der Waals surface area contributed by atoms with Gasteiger partial charge in [-0.2, -0.15) is 5.26 Å². The van der Waals surface area contributed by atoms with Crippen molar-refractivity contribution in [2.45, 2.75) is 0 Å². The number of nitriles is 1. The molecule has 0 spiro atoms. The second kappa shape index (κ2) is 6.43. The van der Waals surface area contributed by atoms with Gasteiger partial charge in [0, 0.05) is 11.6 Å². The first-order chi connectivity index (χ1) is 10.4. The number of halogens is 1. The molecule has 0 aliphatic heterocycles. The van der Waals surface area contributed by atoms with Crippen LogP contribution in [0.2, 0.25) is 5.02 Å². The van der Waals surface area contributed by atoms with Crippen LogP contribution >= 0.6 is 23.8 Å². The van der Waals surface area contributed by atoms with Crippen molar-refractivity contribution >= 4 is 40.9 Å². The molecule has 0 saturated heterocycles. The van der Waals surface area contributed by atoms with Gasteiger partial charge in [0.15, 0.2) is 0 Å². The number of nitrogens with two attached hydrogens (primary N) is 1. The second-order valence-electron chi connectivity index (χ2n) is 4.24. The molecule has 110 valence electrons. The van der Waals surface area contributed by atoms with Crippen molar-refractivity contribution in [2.75, 3.05) is 0 Å². The van der Waals surface area contributed by atoms with Gasteiger partial charge in [0.25, 0.3) is 0 Å². The van der Waals surface area contributed by atoms with Crippen LogP contribution in [-0.2, 0) is 0 Å². The molecular weight excluding hydrogens is 324 g/mol. The fourth-order valence-corrected chi connectivity index (χ4v) is 2.09. The standard InChI is InChI=1S/C15H9ClN2O3S/c16-12-6-8(1-3-11(12)15(19)20)13-4-2-10(21-13)5-9(7-17)14(18)22/h1-6H,(H2,18,22)(H,19,20)/b9-5-. The third-order valence-corrected chi connectivity index (χ3v) is 3.32. The summed E-state index contributed by atoms with van der Waals surface area (Å²) in [5.41, 5.74) is 6.16. The summed E-state index contributed by atoms with van der Waals surface area (Å²) in [7, 11) is 0. The Morgan fingerprint density at radius 2 is 2.14 bits per heavy atom. The quantitative estimate of drug-likeness (QED) is 0.505. The molecule has 0 radical (unpaired) electrons. The maximum Gasteiger partial charge on any atom is 0.337 e. The van der Waals surface area contributed by atoms with Gasteiger partial charge in [-0.1, -0.05) is 29.9 Å². The Morgan fingerprint density at radius 1 is 1.41 bits per heavy atom. The Kier molecular flexibility index (Phi) is 4.61. The largest absolute Gasteiger partial charge is 0.478 e. The lowest BCUT2D eigenvalue weighted by Crippen LogP contribution is -2.09. The number of carboxylic acid groups (broad SMARTS) is 1. The monoisotopic (exact) mass is 332 g/mol. The molecule has 1 aromatic carbocycles. The van der Waals surface area contributed by atoms with Crippen LogP contribution in [0.1, 0.15) is 16.1 Å². The van der Waals surface area contributed by atoms with Crippen molar-refractivity contribution in [3.05, 3.63) is 52.3 Å². The van der Waals surface area contributed by atoms with E-state index < -0.39 is 5.97 Å². The van der Waals surface area contributed by atoms with E-state index in [9.17, 15) is 4.79 Å². The molecule has 1 heterocycles. The van der Waals surface area contributed by atoms with E-state index in [1.165, 1.54) is 18.2 Å². The highest BCUT2D eigenvalue weighted by molar-refractivity contribution is 7.80. The van der Waals surface area contributed by atoms with Gasteiger partial charge in [-0.15, -0.1) is 0 Å². The lowest BCUT2D eigenvalue weighted by Gasteiger charge is -2.01. The number of hydrogen-bond donors (Lipinski definition) is 2. The van der Waals surface area contributed by atoms with Crippen LogP contribution in [-0.4, -0.2) is 16.1 Å². The molecule has 0 atom stereocenters. The maximum atomic E-state index is 10.9. The average Bonchev–Trinajstić information content (AvgIpc) is 2.92. The van der Waals surface area contributed by atoms with Crippen LogP contribution in [0.25, 0.3) is 17.4 Å². The minimum atomic E-state index is -1.10. The Hall–Kier alpha value is -2.62. The molecule has 1 aromatic heterocycles. The van der Waals surface area contributed by atoms with E-state index in [2.05, 4.69) is 0 Å². The van der Waals surface area contributed by atoms with Crippen LogP contribution in [0.4, 0.5) is 0 Å². The number of carboxylic acids is 1. The van der Waals surface area contributed by atoms with Gasteiger partial charge in [-0.3, -0.25) is 0 Å². The predicted molar refractivity (Wildman–Crippen MR) is 86.5 cm³/mol. The molecule has 0 aliphatic rings. The van der Waals surface area contributed by atoms with Crippen LogP contribution in [0.15, 0.2) is 40.3 Å². The van der Waals surface area contributed by atoms with Crippen LogP contribution in [0.5, 0.6) is 0 Å². The van der Waals surface area contributed by atoms with Crippen LogP contribution in [0, 0.1) is 11.3 Å². The summed E-state index contributed by atoms with van der Waals surface area (Å²) in [4.78, 5) is 10.9. The molecule has 0 saturated carbocycles. The van der Waals surface area contributed by atoms with Gasteiger partial charge in [0.1, 0.15) is 22.6 Å². The zero-order valence-electron chi connectivity index (χ0n) is 11.0. The number of aromatic carboxylic acids is 1. The zero-order chi connectivity index (χ0) is 16.3. The van der Waals surface area contributed by atoms with Crippen molar-refractivity contribution in [2.24, 2.45) is 5.73 Å². The molecule has 2 aromatic rings. The molecule has 7 heteroatoms. The minimum Gasteiger partial charge on any atom is -0.478 e. The maximum absolute atomic E-state index is 10.9. The van der Waals surface area contributed by atoms with Gasteiger partial charge >= 0.3 is 5.97 Å². The molecule has 0 bridgehead atoms. The van der Waals surface area contributed by atoms with Crippen molar-refractivity contribution in [3.8, 4) is 17.4 Å². The molecule has 0 unspecified atom stereocenters. The predicted octanol–water partition coefficient (Wildman–Crippen LogP) is 3.49. The van der Waals surface area contributed by atoms with E-state index in [1.54, 1.807) is 18.2 Å². The SMILES string of the molecule is N#C/C(=C/c1ccc(-c2ccc(C(=O)O)c(Cl)c2)o1)C(N)=S. The van der Waals surface area contributed by atoms with Crippen molar-refractivity contribution in [3.63, 3.8) is 0 Å². The third-order valence-electron chi connectivity index (χ3n) is 2.78. The van der Waals surface area contributed by atoms with Crippen molar-refractivity contribution in [1.82, 2.24) is 0 Å². The smallest absolute Gasteiger partial charge is 0.337 e. The summed E-state index contributed by atoms with van der Waals surface area (Å²) in [6.07, 6.45) is 1.43. The van der Waals surface area contributed by atoms with Crippen LogP contribution < -0.4 is 5.73 Å². The van der Waals surface area contributed by atoms with E-state index in [4.69, 9.17) is 44.3 Å².